The monoisotopic (exact) mass is 437 g/mol. The number of nitrogens with zero attached hydrogens (tertiary/aromatic N) is 4. The van der Waals surface area contributed by atoms with Gasteiger partial charge in [0, 0.05) is 48.2 Å². The van der Waals surface area contributed by atoms with Crippen molar-refractivity contribution in [2.75, 3.05) is 42.9 Å². The van der Waals surface area contributed by atoms with Gasteiger partial charge in [-0.25, -0.2) is 0 Å². The predicted octanol–water partition coefficient (Wildman–Crippen LogP) is 4.37. The molecule has 1 saturated heterocycles. The largest absolute Gasteiger partial charge is 0.352 e. The standard InChI is InChI=1S/C27H27N5O/c1-20-11-13-22(14-12-20)28-25(33)19-31-15-17-32(18-16-31)27-24-10-6-5-9-23(24)26(29-30-27)21-7-3-2-4-8-21/h2-14H,15-19H2,1H3,(H,28,33). The zero-order valence-corrected chi connectivity index (χ0v) is 18.7. The summed E-state index contributed by atoms with van der Waals surface area (Å²) in [6.45, 7) is 5.65. The van der Waals surface area contributed by atoms with E-state index in [0.29, 0.717) is 6.54 Å². The number of benzene rings is 3. The van der Waals surface area contributed by atoms with Crippen molar-refractivity contribution in [3.8, 4) is 11.3 Å². The highest BCUT2D eigenvalue weighted by molar-refractivity contribution is 6.00. The van der Waals surface area contributed by atoms with Gasteiger partial charge in [0.25, 0.3) is 0 Å². The van der Waals surface area contributed by atoms with Gasteiger partial charge in [0.2, 0.25) is 5.91 Å². The summed E-state index contributed by atoms with van der Waals surface area (Å²) in [7, 11) is 0. The van der Waals surface area contributed by atoms with Crippen LogP contribution >= 0.6 is 0 Å². The van der Waals surface area contributed by atoms with E-state index < -0.39 is 0 Å². The third kappa shape index (κ3) is 4.71. The van der Waals surface area contributed by atoms with Crippen LogP contribution in [0.15, 0.2) is 78.9 Å². The lowest BCUT2D eigenvalue weighted by molar-refractivity contribution is -0.117. The van der Waals surface area contributed by atoms with Crippen LogP contribution < -0.4 is 10.2 Å². The van der Waals surface area contributed by atoms with Gasteiger partial charge in [-0.05, 0) is 19.1 Å². The Morgan fingerprint density at radius 1 is 0.818 bits per heavy atom. The van der Waals surface area contributed by atoms with E-state index in [2.05, 4.69) is 49.6 Å². The molecule has 6 nitrogen and oxygen atoms in total. The fourth-order valence-corrected chi connectivity index (χ4v) is 4.29. The summed E-state index contributed by atoms with van der Waals surface area (Å²) in [5.74, 6) is 0.929. The normalized spacial score (nSPS) is 14.4. The summed E-state index contributed by atoms with van der Waals surface area (Å²) in [4.78, 5) is 16.9. The van der Waals surface area contributed by atoms with E-state index in [0.717, 1.165) is 59.7 Å². The zero-order chi connectivity index (χ0) is 22.6. The molecule has 0 saturated carbocycles. The van der Waals surface area contributed by atoms with Crippen molar-refractivity contribution < 1.29 is 4.79 Å². The number of amides is 1. The second-order valence-corrected chi connectivity index (χ2v) is 8.46. The molecule has 0 spiro atoms. The van der Waals surface area contributed by atoms with Gasteiger partial charge in [-0.15, -0.1) is 10.2 Å². The Labute approximate surface area is 193 Å². The maximum absolute atomic E-state index is 12.5. The molecule has 5 rings (SSSR count). The first-order chi connectivity index (χ1) is 16.2. The molecule has 4 aromatic rings. The van der Waals surface area contributed by atoms with Crippen molar-refractivity contribution in [2.24, 2.45) is 0 Å². The van der Waals surface area contributed by atoms with E-state index in [1.54, 1.807) is 0 Å². The maximum Gasteiger partial charge on any atom is 0.238 e. The molecule has 0 unspecified atom stereocenters. The molecule has 0 radical (unpaired) electrons. The van der Waals surface area contributed by atoms with Crippen LogP contribution in [0.4, 0.5) is 11.5 Å². The van der Waals surface area contributed by atoms with Crippen molar-refractivity contribution >= 4 is 28.2 Å². The van der Waals surface area contributed by atoms with Crippen LogP contribution in [0.25, 0.3) is 22.0 Å². The van der Waals surface area contributed by atoms with Crippen LogP contribution in [-0.2, 0) is 4.79 Å². The van der Waals surface area contributed by atoms with Crippen LogP contribution in [0, 0.1) is 6.92 Å². The average molecular weight is 438 g/mol. The van der Waals surface area contributed by atoms with Crippen molar-refractivity contribution in [2.45, 2.75) is 6.92 Å². The van der Waals surface area contributed by atoms with Gasteiger partial charge in [0.1, 0.15) is 5.69 Å². The molecule has 0 aliphatic carbocycles. The number of hydrogen-bond donors (Lipinski definition) is 1. The first-order valence-electron chi connectivity index (χ1n) is 11.3. The molecule has 166 valence electrons. The molecule has 1 N–H and O–H groups in total. The molecule has 6 heteroatoms. The van der Waals surface area contributed by atoms with Gasteiger partial charge in [0.15, 0.2) is 5.82 Å². The van der Waals surface area contributed by atoms with E-state index in [9.17, 15) is 4.79 Å². The third-order valence-corrected chi connectivity index (χ3v) is 6.09. The van der Waals surface area contributed by atoms with E-state index in [4.69, 9.17) is 0 Å². The second kappa shape index (κ2) is 9.38. The number of aromatic nitrogens is 2. The number of rotatable bonds is 5. The number of anilines is 2. The lowest BCUT2D eigenvalue weighted by Gasteiger charge is -2.35. The SMILES string of the molecule is Cc1ccc(NC(=O)CN2CCN(c3nnc(-c4ccccc4)c4ccccc34)CC2)cc1. The Bertz CT molecular complexity index is 1250. The predicted molar refractivity (Wildman–Crippen MR) is 133 cm³/mol. The van der Waals surface area contributed by atoms with Crippen molar-refractivity contribution in [1.29, 1.82) is 0 Å². The zero-order valence-electron chi connectivity index (χ0n) is 18.7. The molecule has 33 heavy (non-hydrogen) atoms. The number of hydrogen-bond acceptors (Lipinski definition) is 5. The van der Waals surface area contributed by atoms with Gasteiger partial charge < -0.3 is 10.2 Å². The number of carbonyl (C=O) groups excluding carboxylic acids is 1. The average Bonchev–Trinajstić information content (AvgIpc) is 2.86. The Balaban J connectivity index is 1.27. The molecule has 1 amide bonds. The van der Waals surface area contributed by atoms with E-state index in [1.165, 1.54) is 5.56 Å². The van der Waals surface area contributed by atoms with Crippen molar-refractivity contribution in [1.82, 2.24) is 15.1 Å². The number of piperazine rings is 1. The molecule has 3 aromatic carbocycles. The topological polar surface area (TPSA) is 61.4 Å². The third-order valence-electron chi connectivity index (χ3n) is 6.09. The highest BCUT2D eigenvalue weighted by Gasteiger charge is 2.22. The van der Waals surface area contributed by atoms with Crippen molar-refractivity contribution in [3.05, 3.63) is 84.4 Å². The van der Waals surface area contributed by atoms with Crippen LogP contribution in [0.2, 0.25) is 0 Å². The summed E-state index contributed by atoms with van der Waals surface area (Å²) in [6.07, 6.45) is 0. The fourth-order valence-electron chi connectivity index (χ4n) is 4.29. The minimum Gasteiger partial charge on any atom is -0.352 e. The molecule has 0 bridgehead atoms. The van der Waals surface area contributed by atoms with Crippen molar-refractivity contribution in [3.63, 3.8) is 0 Å². The lowest BCUT2D eigenvalue weighted by Crippen LogP contribution is -2.49. The molecule has 1 aliphatic heterocycles. The fraction of sp³-hybridized carbons (Fsp3) is 0.222. The second-order valence-electron chi connectivity index (χ2n) is 8.46. The van der Waals surface area contributed by atoms with Gasteiger partial charge in [0.05, 0.1) is 6.54 Å². The Morgan fingerprint density at radius 3 is 2.21 bits per heavy atom. The Kier molecular flexibility index (Phi) is 6.00. The molecule has 1 aliphatic rings. The number of carbonyl (C=O) groups is 1. The van der Waals surface area contributed by atoms with E-state index in [1.807, 2.05) is 61.5 Å². The van der Waals surface area contributed by atoms with Crippen LogP contribution in [0.1, 0.15) is 5.56 Å². The Hall–Kier alpha value is -3.77. The number of nitrogens with one attached hydrogen (secondary N) is 1. The summed E-state index contributed by atoms with van der Waals surface area (Å²) in [5, 5.41) is 14.4. The maximum atomic E-state index is 12.5. The first-order valence-corrected chi connectivity index (χ1v) is 11.3. The highest BCUT2D eigenvalue weighted by atomic mass is 16.2. The molecular weight excluding hydrogens is 410 g/mol. The van der Waals surface area contributed by atoms with Gasteiger partial charge in [-0.1, -0.05) is 72.3 Å². The number of aryl methyl sites for hydroxylation is 1. The lowest BCUT2D eigenvalue weighted by atomic mass is 10.0. The van der Waals surface area contributed by atoms with Crippen LogP contribution in [0.5, 0.6) is 0 Å². The van der Waals surface area contributed by atoms with E-state index in [-0.39, 0.29) is 5.91 Å². The van der Waals surface area contributed by atoms with Gasteiger partial charge >= 0.3 is 0 Å². The van der Waals surface area contributed by atoms with Crippen LogP contribution in [-0.4, -0.2) is 53.7 Å². The minimum atomic E-state index is 0.0183. The molecule has 1 aromatic heterocycles. The van der Waals surface area contributed by atoms with Gasteiger partial charge in [-0.2, -0.15) is 0 Å². The smallest absolute Gasteiger partial charge is 0.238 e. The van der Waals surface area contributed by atoms with Crippen LogP contribution in [0.3, 0.4) is 0 Å². The minimum absolute atomic E-state index is 0.0183. The molecule has 1 fully saturated rings. The molecule has 2 heterocycles. The summed E-state index contributed by atoms with van der Waals surface area (Å²) in [6, 6.07) is 26.4. The number of fused-ring (bicyclic) bond motifs is 1. The summed E-state index contributed by atoms with van der Waals surface area (Å²) < 4.78 is 0. The summed E-state index contributed by atoms with van der Waals surface area (Å²) >= 11 is 0. The molecule has 0 atom stereocenters. The first kappa shape index (κ1) is 21.1. The molecular formula is C27H27N5O. The van der Waals surface area contributed by atoms with Gasteiger partial charge in [-0.3, -0.25) is 9.69 Å². The Morgan fingerprint density at radius 2 is 1.48 bits per heavy atom. The van der Waals surface area contributed by atoms with E-state index >= 15 is 0 Å². The highest BCUT2D eigenvalue weighted by Crippen LogP contribution is 2.31. The quantitative estimate of drug-likeness (QED) is 0.503. The summed E-state index contributed by atoms with van der Waals surface area (Å²) in [5.41, 5.74) is 3.99.